The molecule has 2 nitrogen and oxygen atoms in total. The van der Waals surface area contributed by atoms with Gasteiger partial charge < -0.3 is 9.84 Å². The first-order valence-corrected chi connectivity index (χ1v) is 7.52. The molecule has 20 heavy (non-hydrogen) atoms. The van der Waals surface area contributed by atoms with Gasteiger partial charge in [0.05, 0.1) is 0 Å². The number of hydrogen-bond acceptors (Lipinski definition) is 3. The number of aliphatic hydroxyl groups is 1. The van der Waals surface area contributed by atoms with Gasteiger partial charge >= 0.3 is 0 Å². The second kappa shape index (κ2) is 6.07. The van der Waals surface area contributed by atoms with Crippen LogP contribution in [-0.2, 0) is 13.0 Å². The van der Waals surface area contributed by atoms with Crippen molar-refractivity contribution in [3.8, 4) is 5.75 Å². The minimum Gasteiger partial charge on any atom is -0.489 e. The average molecular weight is 284 g/mol. The molecule has 0 saturated heterocycles. The molecule has 0 unspecified atom stereocenters. The summed E-state index contributed by atoms with van der Waals surface area (Å²) in [7, 11) is 0. The molecular weight excluding hydrogens is 268 g/mol. The van der Waals surface area contributed by atoms with Gasteiger partial charge in [-0.2, -0.15) is 0 Å². The number of aliphatic hydroxyl groups excluding tert-OH is 1. The third-order valence-corrected chi connectivity index (χ3v) is 4.29. The third kappa shape index (κ3) is 2.84. The third-order valence-electron chi connectivity index (χ3n) is 3.28. The zero-order valence-corrected chi connectivity index (χ0v) is 11.9. The Bertz CT molecular complexity index is 686. The Balaban J connectivity index is 1.69. The Morgan fingerprint density at radius 3 is 2.60 bits per heavy atom. The van der Waals surface area contributed by atoms with Crippen molar-refractivity contribution in [3.05, 3.63) is 65.0 Å². The van der Waals surface area contributed by atoms with E-state index in [-0.39, 0.29) is 6.61 Å². The van der Waals surface area contributed by atoms with Crippen molar-refractivity contribution in [1.82, 2.24) is 0 Å². The van der Waals surface area contributed by atoms with E-state index in [1.807, 2.05) is 24.3 Å². The topological polar surface area (TPSA) is 29.5 Å². The summed E-state index contributed by atoms with van der Waals surface area (Å²) in [6.45, 7) is 0.768. The molecule has 0 atom stereocenters. The van der Waals surface area contributed by atoms with Gasteiger partial charge in [0.2, 0.25) is 0 Å². The molecule has 3 rings (SSSR count). The van der Waals surface area contributed by atoms with Crippen molar-refractivity contribution in [3.63, 3.8) is 0 Å². The highest BCUT2D eigenvalue weighted by Gasteiger charge is 2.04. The number of benzene rings is 2. The van der Waals surface area contributed by atoms with Crippen molar-refractivity contribution in [2.45, 2.75) is 13.0 Å². The Kier molecular flexibility index (Phi) is 4.00. The molecule has 1 N–H and O–H groups in total. The molecule has 0 fully saturated rings. The lowest BCUT2D eigenvalue weighted by atomic mass is 10.1. The summed E-state index contributed by atoms with van der Waals surface area (Å²) in [5.41, 5.74) is 2.35. The SMILES string of the molecule is OCCc1ccc(OCc2csc3ccccc23)cc1. The molecule has 0 aliphatic carbocycles. The van der Waals surface area contributed by atoms with Crippen LogP contribution in [0.4, 0.5) is 0 Å². The maximum absolute atomic E-state index is 8.89. The van der Waals surface area contributed by atoms with Crippen LogP contribution in [-0.4, -0.2) is 11.7 Å². The highest BCUT2D eigenvalue weighted by molar-refractivity contribution is 7.17. The fourth-order valence-electron chi connectivity index (χ4n) is 2.19. The molecule has 3 aromatic rings. The molecule has 0 aliphatic heterocycles. The van der Waals surface area contributed by atoms with Crippen LogP contribution in [0.1, 0.15) is 11.1 Å². The number of fused-ring (bicyclic) bond motifs is 1. The molecule has 0 amide bonds. The molecule has 3 heteroatoms. The first-order chi connectivity index (χ1) is 9.86. The van der Waals surface area contributed by atoms with Gasteiger partial charge in [-0.15, -0.1) is 11.3 Å². The fourth-order valence-corrected chi connectivity index (χ4v) is 3.13. The second-order valence-electron chi connectivity index (χ2n) is 4.66. The monoisotopic (exact) mass is 284 g/mol. The van der Waals surface area contributed by atoms with Gasteiger partial charge in [-0.05, 0) is 40.9 Å². The quantitative estimate of drug-likeness (QED) is 0.767. The van der Waals surface area contributed by atoms with E-state index in [1.54, 1.807) is 11.3 Å². The van der Waals surface area contributed by atoms with Crippen LogP contribution in [0, 0.1) is 0 Å². The minimum atomic E-state index is 0.182. The summed E-state index contributed by atoms with van der Waals surface area (Å²) in [4.78, 5) is 0. The van der Waals surface area contributed by atoms with E-state index in [0.29, 0.717) is 13.0 Å². The molecule has 0 aliphatic rings. The zero-order chi connectivity index (χ0) is 13.8. The van der Waals surface area contributed by atoms with Gasteiger partial charge in [0.1, 0.15) is 12.4 Å². The van der Waals surface area contributed by atoms with Crippen molar-refractivity contribution >= 4 is 21.4 Å². The summed E-state index contributed by atoms with van der Waals surface area (Å²) in [6.07, 6.45) is 0.690. The van der Waals surface area contributed by atoms with Gasteiger partial charge in [0, 0.05) is 16.9 Å². The second-order valence-corrected chi connectivity index (χ2v) is 5.57. The van der Waals surface area contributed by atoms with E-state index in [4.69, 9.17) is 9.84 Å². The molecule has 0 bridgehead atoms. The molecule has 1 heterocycles. The molecular formula is C17H16O2S. The summed E-state index contributed by atoms with van der Waals surface area (Å²) in [6, 6.07) is 16.3. The van der Waals surface area contributed by atoms with E-state index < -0.39 is 0 Å². The smallest absolute Gasteiger partial charge is 0.119 e. The van der Waals surface area contributed by atoms with E-state index in [9.17, 15) is 0 Å². The molecule has 2 aromatic carbocycles. The zero-order valence-electron chi connectivity index (χ0n) is 11.1. The Morgan fingerprint density at radius 1 is 1.00 bits per heavy atom. The lowest BCUT2D eigenvalue weighted by Crippen LogP contribution is -1.95. The van der Waals surface area contributed by atoms with Gasteiger partial charge in [-0.25, -0.2) is 0 Å². The Labute approximate surface area is 122 Å². The van der Waals surface area contributed by atoms with E-state index >= 15 is 0 Å². The first-order valence-electron chi connectivity index (χ1n) is 6.64. The number of ether oxygens (including phenoxy) is 1. The summed E-state index contributed by atoms with van der Waals surface area (Å²) in [5.74, 6) is 0.863. The maximum Gasteiger partial charge on any atom is 0.119 e. The summed E-state index contributed by atoms with van der Waals surface area (Å²) in [5, 5.41) is 12.3. The van der Waals surface area contributed by atoms with Crippen LogP contribution >= 0.6 is 11.3 Å². The maximum atomic E-state index is 8.89. The molecule has 0 radical (unpaired) electrons. The number of rotatable bonds is 5. The van der Waals surface area contributed by atoms with E-state index in [0.717, 1.165) is 11.3 Å². The lowest BCUT2D eigenvalue weighted by molar-refractivity contribution is 0.298. The average Bonchev–Trinajstić information content (AvgIpc) is 2.90. The van der Waals surface area contributed by atoms with Crippen molar-refractivity contribution in [1.29, 1.82) is 0 Å². The largest absolute Gasteiger partial charge is 0.489 e. The van der Waals surface area contributed by atoms with Gasteiger partial charge in [0.25, 0.3) is 0 Å². The van der Waals surface area contributed by atoms with E-state index in [1.165, 1.54) is 15.6 Å². The van der Waals surface area contributed by atoms with Crippen LogP contribution in [0.3, 0.4) is 0 Å². The van der Waals surface area contributed by atoms with Crippen molar-refractivity contribution in [2.24, 2.45) is 0 Å². The Morgan fingerprint density at radius 2 is 1.80 bits per heavy atom. The van der Waals surface area contributed by atoms with Crippen LogP contribution in [0.15, 0.2) is 53.9 Å². The fraction of sp³-hybridized carbons (Fsp3) is 0.176. The molecule has 102 valence electrons. The molecule has 0 spiro atoms. The predicted molar refractivity (Wildman–Crippen MR) is 83.4 cm³/mol. The van der Waals surface area contributed by atoms with Crippen LogP contribution in [0.5, 0.6) is 5.75 Å². The highest BCUT2D eigenvalue weighted by atomic mass is 32.1. The first kappa shape index (κ1) is 13.2. The van der Waals surface area contributed by atoms with Crippen molar-refractivity contribution < 1.29 is 9.84 Å². The highest BCUT2D eigenvalue weighted by Crippen LogP contribution is 2.26. The normalized spacial score (nSPS) is 10.8. The molecule has 1 aromatic heterocycles. The van der Waals surface area contributed by atoms with Gasteiger partial charge in [0.15, 0.2) is 0 Å². The standard InChI is InChI=1S/C17H16O2S/c18-10-9-13-5-7-15(8-6-13)19-11-14-12-20-17-4-2-1-3-16(14)17/h1-8,12,18H,9-11H2. The predicted octanol–water partition coefficient (Wildman–Crippen LogP) is 4.02. The van der Waals surface area contributed by atoms with Crippen LogP contribution < -0.4 is 4.74 Å². The number of hydrogen-bond donors (Lipinski definition) is 1. The molecule has 0 saturated carbocycles. The van der Waals surface area contributed by atoms with Gasteiger partial charge in [-0.1, -0.05) is 30.3 Å². The van der Waals surface area contributed by atoms with Crippen LogP contribution in [0.2, 0.25) is 0 Å². The van der Waals surface area contributed by atoms with Gasteiger partial charge in [-0.3, -0.25) is 0 Å². The van der Waals surface area contributed by atoms with Crippen molar-refractivity contribution in [2.75, 3.05) is 6.61 Å². The lowest BCUT2D eigenvalue weighted by Gasteiger charge is -2.06. The van der Waals surface area contributed by atoms with Crippen LogP contribution in [0.25, 0.3) is 10.1 Å². The minimum absolute atomic E-state index is 0.182. The van der Waals surface area contributed by atoms with E-state index in [2.05, 4.69) is 29.6 Å². The number of thiophene rings is 1. The summed E-state index contributed by atoms with van der Waals surface area (Å²) >= 11 is 1.75. The summed E-state index contributed by atoms with van der Waals surface area (Å²) < 4.78 is 7.13. The Hall–Kier alpha value is -1.84.